The van der Waals surface area contributed by atoms with Gasteiger partial charge in [-0.2, -0.15) is 0 Å². The van der Waals surface area contributed by atoms with Crippen molar-refractivity contribution in [1.29, 1.82) is 0 Å². The molecule has 2 aromatic carbocycles. The number of sulfonamides is 1. The van der Waals surface area contributed by atoms with Crippen LogP contribution in [0.4, 0.5) is 16.0 Å². The van der Waals surface area contributed by atoms with Crippen molar-refractivity contribution in [2.75, 3.05) is 16.6 Å². The standard InChI is InChI=1S/C19H19FN4O2S/c1-14-5-4-7-16(13-14)27(25,26)24-19-10-9-18(22-23-19)21-12-11-15-6-2-3-8-17(15)20/h2-10,13H,11-12H2,1H3,(H,21,22)(H,23,24). The maximum Gasteiger partial charge on any atom is 0.263 e. The number of hydrogen-bond acceptors (Lipinski definition) is 5. The summed E-state index contributed by atoms with van der Waals surface area (Å²) in [6.07, 6.45) is 0.496. The van der Waals surface area contributed by atoms with E-state index in [9.17, 15) is 12.8 Å². The van der Waals surface area contributed by atoms with Crippen LogP contribution in [0, 0.1) is 12.7 Å². The first kappa shape index (κ1) is 18.8. The van der Waals surface area contributed by atoms with Crippen molar-refractivity contribution in [2.24, 2.45) is 0 Å². The lowest BCUT2D eigenvalue weighted by atomic mass is 10.1. The molecule has 0 saturated carbocycles. The zero-order valence-electron chi connectivity index (χ0n) is 14.7. The van der Waals surface area contributed by atoms with Crippen molar-refractivity contribution >= 4 is 21.7 Å². The fourth-order valence-corrected chi connectivity index (χ4v) is 3.59. The number of aryl methyl sites for hydroxylation is 1. The highest BCUT2D eigenvalue weighted by atomic mass is 32.2. The lowest BCUT2D eigenvalue weighted by Gasteiger charge is -2.09. The van der Waals surface area contributed by atoms with E-state index in [1.165, 1.54) is 18.2 Å². The fraction of sp³-hybridized carbons (Fsp3) is 0.158. The van der Waals surface area contributed by atoms with Crippen molar-refractivity contribution in [2.45, 2.75) is 18.2 Å². The third-order valence-corrected chi connectivity index (χ3v) is 5.21. The molecule has 0 radical (unpaired) electrons. The van der Waals surface area contributed by atoms with Crippen molar-refractivity contribution in [1.82, 2.24) is 10.2 Å². The Kier molecular flexibility index (Phi) is 5.66. The van der Waals surface area contributed by atoms with Crippen LogP contribution in [-0.2, 0) is 16.4 Å². The van der Waals surface area contributed by atoms with Gasteiger partial charge in [0.1, 0.15) is 11.6 Å². The summed E-state index contributed by atoms with van der Waals surface area (Å²) in [4.78, 5) is 0.163. The van der Waals surface area contributed by atoms with Crippen LogP contribution in [0.1, 0.15) is 11.1 Å². The van der Waals surface area contributed by atoms with Gasteiger partial charge in [0.25, 0.3) is 10.0 Å². The summed E-state index contributed by atoms with van der Waals surface area (Å²) in [5.74, 6) is 0.354. The molecular weight excluding hydrogens is 367 g/mol. The molecule has 1 heterocycles. The van der Waals surface area contributed by atoms with Crippen molar-refractivity contribution < 1.29 is 12.8 Å². The van der Waals surface area contributed by atoms with Gasteiger partial charge in [0.2, 0.25) is 0 Å². The molecule has 0 atom stereocenters. The van der Waals surface area contributed by atoms with Crippen LogP contribution in [0.15, 0.2) is 65.6 Å². The number of nitrogens with zero attached hydrogens (tertiary/aromatic N) is 2. The molecule has 0 aliphatic rings. The molecule has 2 N–H and O–H groups in total. The van der Waals surface area contributed by atoms with Gasteiger partial charge in [-0.05, 0) is 54.8 Å². The maximum absolute atomic E-state index is 13.6. The Bertz CT molecular complexity index is 1020. The predicted molar refractivity (Wildman–Crippen MR) is 103 cm³/mol. The quantitative estimate of drug-likeness (QED) is 0.650. The number of hydrogen-bond donors (Lipinski definition) is 2. The van der Waals surface area contributed by atoms with Gasteiger partial charge < -0.3 is 5.32 Å². The molecule has 1 aromatic heterocycles. The Balaban J connectivity index is 1.59. The molecule has 0 aliphatic heterocycles. The number of nitrogens with one attached hydrogen (secondary N) is 2. The van der Waals surface area contributed by atoms with Crippen LogP contribution < -0.4 is 10.0 Å². The first-order valence-electron chi connectivity index (χ1n) is 8.34. The van der Waals surface area contributed by atoms with Crippen LogP contribution in [0.2, 0.25) is 0 Å². The van der Waals surface area contributed by atoms with E-state index >= 15 is 0 Å². The summed E-state index contributed by atoms with van der Waals surface area (Å²) in [5, 5.41) is 10.9. The van der Waals surface area contributed by atoms with Gasteiger partial charge >= 0.3 is 0 Å². The second-order valence-corrected chi connectivity index (χ2v) is 7.68. The summed E-state index contributed by atoms with van der Waals surface area (Å²) in [6, 6.07) is 16.3. The molecule has 0 bridgehead atoms. The smallest absolute Gasteiger partial charge is 0.263 e. The number of anilines is 2. The van der Waals surface area contributed by atoms with E-state index < -0.39 is 10.0 Å². The maximum atomic E-state index is 13.6. The van der Waals surface area contributed by atoms with Crippen LogP contribution in [0.3, 0.4) is 0 Å². The van der Waals surface area contributed by atoms with E-state index in [-0.39, 0.29) is 16.5 Å². The number of aromatic nitrogens is 2. The monoisotopic (exact) mass is 386 g/mol. The average molecular weight is 386 g/mol. The van der Waals surface area contributed by atoms with Crippen LogP contribution in [0.25, 0.3) is 0 Å². The Hall–Kier alpha value is -3.00. The zero-order valence-corrected chi connectivity index (χ0v) is 15.5. The van der Waals surface area contributed by atoms with Gasteiger partial charge in [-0.3, -0.25) is 4.72 Å². The van der Waals surface area contributed by atoms with E-state index in [2.05, 4.69) is 20.2 Å². The Morgan fingerprint density at radius 3 is 2.41 bits per heavy atom. The number of rotatable bonds is 7. The third kappa shape index (κ3) is 5.01. The van der Waals surface area contributed by atoms with E-state index in [1.54, 1.807) is 36.4 Å². The minimum Gasteiger partial charge on any atom is -0.368 e. The topological polar surface area (TPSA) is 84.0 Å². The van der Waals surface area contributed by atoms with Crippen LogP contribution >= 0.6 is 0 Å². The molecular formula is C19H19FN4O2S. The van der Waals surface area contributed by atoms with Gasteiger partial charge in [-0.15, -0.1) is 10.2 Å². The SMILES string of the molecule is Cc1cccc(S(=O)(=O)Nc2ccc(NCCc3ccccc3F)nn2)c1. The fourth-order valence-electron chi connectivity index (χ4n) is 2.49. The van der Waals surface area contributed by atoms with Gasteiger partial charge in [-0.1, -0.05) is 30.3 Å². The van der Waals surface area contributed by atoms with Gasteiger partial charge in [0.15, 0.2) is 5.82 Å². The van der Waals surface area contributed by atoms with Crippen molar-refractivity contribution in [3.05, 3.63) is 77.6 Å². The molecule has 0 saturated heterocycles. The Morgan fingerprint density at radius 2 is 1.70 bits per heavy atom. The molecule has 0 fully saturated rings. The first-order valence-corrected chi connectivity index (χ1v) is 9.83. The summed E-state index contributed by atoms with van der Waals surface area (Å²) < 4.78 is 40.7. The molecule has 0 aliphatic carbocycles. The third-order valence-electron chi connectivity index (χ3n) is 3.86. The molecule has 3 rings (SSSR count). The van der Waals surface area contributed by atoms with Gasteiger partial charge in [0.05, 0.1) is 4.90 Å². The van der Waals surface area contributed by atoms with Crippen LogP contribution in [0.5, 0.6) is 0 Å². The predicted octanol–water partition coefficient (Wildman–Crippen LogP) is 3.38. The average Bonchev–Trinajstić information content (AvgIpc) is 2.64. The summed E-state index contributed by atoms with van der Waals surface area (Å²) >= 11 is 0. The Morgan fingerprint density at radius 1 is 0.963 bits per heavy atom. The van der Waals surface area contributed by atoms with E-state index in [1.807, 2.05) is 13.0 Å². The highest BCUT2D eigenvalue weighted by Crippen LogP contribution is 2.16. The molecule has 0 amide bonds. The highest BCUT2D eigenvalue weighted by Gasteiger charge is 2.15. The largest absolute Gasteiger partial charge is 0.368 e. The molecule has 3 aromatic rings. The minimum atomic E-state index is -3.72. The van der Waals surface area contributed by atoms with E-state index in [4.69, 9.17) is 0 Å². The van der Waals surface area contributed by atoms with Gasteiger partial charge in [-0.25, -0.2) is 12.8 Å². The lowest BCUT2D eigenvalue weighted by molar-refractivity contribution is 0.601. The molecule has 0 spiro atoms. The zero-order chi connectivity index (χ0) is 19.3. The molecule has 0 unspecified atom stereocenters. The second kappa shape index (κ2) is 8.13. The molecule has 6 nitrogen and oxygen atoms in total. The van der Waals surface area contributed by atoms with Crippen LogP contribution in [-0.4, -0.2) is 25.2 Å². The van der Waals surface area contributed by atoms with E-state index in [0.717, 1.165) is 5.56 Å². The second-order valence-electron chi connectivity index (χ2n) is 5.99. The highest BCUT2D eigenvalue weighted by molar-refractivity contribution is 7.92. The Labute approximate surface area is 157 Å². The van der Waals surface area contributed by atoms with Crippen molar-refractivity contribution in [3.8, 4) is 0 Å². The normalized spacial score (nSPS) is 11.2. The number of benzene rings is 2. The summed E-state index contributed by atoms with van der Waals surface area (Å²) in [5.41, 5.74) is 1.46. The van der Waals surface area contributed by atoms with Gasteiger partial charge in [0, 0.05) is 6.54 Å². The lowest BCUT2D eigenvalue weighted by Crippen LogP contribution is -2.15. The molecule has 140 valence electrons. The van der Waals surface area contributed by atoms with Crippen molar-refractivity contribution in [3.63, 3.8) is 0 Å². The summed E-state index contributed by atoms with van der Waals surface area (Å²) in [7, 11) is -3.72. The summed E-state index contributed by atoms with van der Waals surface area (Å²) in [6.45, 7) is 2.30. The molecule has 27 heavy (non-hydrogen) atoms. The van der Waals surface area contributed by atoms with E-state index in [0.29, 0.717) is 24.3 Å². The minimum absolute atomic E-state index is 0.121. The number of halogens is 1. The molecule has 8 heteroatoms. The first-order chi connectivity index (χ1) is 12.9.